The van der Waals surface area contributed by atoms with Crippen LogP contribution in [0.2, 0.25) is 0 Å². The zero-order chi connectivity index (χ0) is 19.2. The quantitative estimate of drug-likeness (QED) is 0.399. The number of halogens is 1. The molecule has 0 bridgehead atoms. The van der Waals surface area contributed by atoms with Crippen molar-refractivity contribution < 1.29 is 9.53 Å². The second-order valence-electron chi connectivity index (χ2n) is 5.55. The molecule has 0 atom stereocenters. The molecule has 3 rings (SSSR count). The lowest BCUT2D eigenvalue weighted by atomic mass is 10.1. The molecule has 0 amide bonds. The predicted octanol–water partition coefficient (Wildman–Crippen LogP) is 4.37. The van der Waals surface area contributed by atoms with Gasteiger partial charge in [-0.1, -0.05) is 27.7 Å². The maximum absolute atomic E-state index is 12.7. The van der Waals surface area contributed by atoms with Crippen molar-refractivity contribution in [2.24, 2.45) is 0 Å². The maximum Gasteiger partial charge on any atom is 0.287 e. The molecule has 0 spiro atoms. The molecule has 0 N–H and O–H groups in total. The van der Waals surface area contributed by atoms with Gasteiger partial charge in [0.1, 0.15) is 5.75 Å². The number of hydrogen-bond acceptors (Lipinski definition) is 5. The molecule has 0 radical (unpaired) electrons. The fourth-order valence-electron chi connectivity index (χ4n) is 2.42. The van der Waals surface area contributed by atoms with Crippen molar-refractivity contribution in [1.29, 1.82) is 0 Å². The summed E-state index contributed by atoms with van der Waals surface area (Å²) in [5.41, 5.74) is 1.07. The minimum Gasteiger partial charge on any atom is -0.494 e. The third-order valence-corrected chi connectivity index (χ3v) is 5.23. The smallest absolute Gasteiger partial charge is 0.287 e. The van der Waals surface area contributed by atoms with Crippen molar-refractivity contribution in [1.82, 2.24) is 9.55 Å². The van der Waals surface area contributed by atoms with Crippen LogP contribution in [0, 0.1) is 0 Å². The summed E-state index contributed by atoms with van der Waals surface area (Å²) in [6.07, 6.45) is 3.18. The van der Waals surface area contributed by atoms with Gasteiger partial charge in [0, 0.05) is 28.1 Å². The van der Waals surface area contributed by atoms with Crippen LogP contribution in [0.4, 0.5) is 0 Å². The molecule has 1 aromatic heterocycles. The van der Waals surface area contributed by atoms with E-state index in [9.17, 15) is 9.59 Å². The van der Waals surface area contributed by atoms with Gasteiger partial charge in [0.05, 0.1) is 12.4 Å². The van der Waals surface area contributed by atoms with E-state index in [1.807, 2.05) is 31.2 Å². The second-order valence-corrected chi connectivity index (χ2v) is 7.43. The summed E-state index contributed by atoms with van der Waals surface area (Å²) in [5, 5.41) is 0.291. The Kier molecular flexibility index (Phi) is 6.47. The number of thioether (sulfide) groups is 1. The Balaban J connectivity index is 1.72. The Morgan fingerprint density at radius 3 is 2.52 bits per heavy atom. The minimum atomic E-state index is -0.246. The molecule has 0 saturated carbocycles. The molecule has 0 saturated heterocycles. The number of ether oxygens (including phenoxy) is 1. The number of Topliss-reactive ketones (excluding diaryl/α,β-unsaturated/α-hetero) is 1. The molecule has 7 heteroatoms. The van der Waals surface area contributed by atoms with E-state index in [-0.39, 0.29) is 17.1 Å². The van der Waals surface area contributed by atoms with Crippen LogP contribution in [0.15, 0.2) is 75.2 Å². The highest BCUT2D eigenvalue weighted by atomic mass is 79.9. The van der Waals surface area contributed by atoms with E-state index in [1.165, 1.54) is 4.57 Å². The Bertz CT molecular complexity index is 985. The second kappa shape index (κ2) is 9.01. The van der Waals surface area contributed by atoms with Gasteiger partial charge in [-0.3, -0.25) is 14.2 Å². The van der Waals surface area contributed by atoms with Gasteiger partial charge in [0.2, 0.25) is 0 Å². The van der Waals surface area contributed by atoms with E-state index in [2.05, 4.69) is 20.9 Å². The van der Waals surface area contributed by atoms with Crippen LogP contribution in [0.1, 0.15) is 17.3 Å². The molecule has 0 aliphatic heterocycles. The highest BCUT2D eigenvalue weighted by molar-refractivity contribution is 9.10. The standard InChI is InChI=1S/C20H17BrN2O3S/c1-2-26-17-9-3-14(4-10-17)18(24)13-27-19-20(25)23(12-11-22-19)16-7-5-15(21)6-8-16/h3-12H,2,13H2,1H3. The molecule has 0 fully saturated rings. The number of aromatic nitrogens is 2. The van der Waals surface area contributed by atoms with Crippen LogP contribution in [0.25, 0.3) is 5.69 Å². The summed E-state index contributed by atoms with van der Waals surface area (Å²) in [6.45, 7) is 2.48. The van der Waals surface area contributed by atoms with Gasteiger partial charge in [-0.05, 0) is 55.5 Å². The maximum atomic E-state index is 12.7. The first-order valence-electron chi connectivity index (χ1n) is 8.31. The molecule has 1 heterocycles. The van der Waals surface area contributed by atoms with Gasteiger partial charge >= 0.3 is 0 Å². The van der Waals surface area contributed by atoms with Crippen molar-refractivity contribution >= 4 is 33.5 Å². The van der Waals surface area contributed by atoms with Crippen LogP contribution in [-0.4, -0.2) is 27.7 Å². The molecular formula is C20H17BrN2O3S. The fourth-order valence-corrected chi connectivity index (χ4v) is 3.47. The summed E-state index contributed by atoms with van der Waals surface area (Å²) in [4.78, 5) is 29.2. The summed E-state index contributed by atoms with van der Waals surface area (Å²) >= 11 is 4.52. The number of nitrogens with zero attached hydrogens (tertiary/aromatic N) is 2. The Morgan fingerprint density at radius 1 is 1.15 bits per heavy atom. The predicted molar refractivity (Wildman–Crippen MR) is 110 cm³/mol. The van der Waals surface area contributed by atoms with Crippen molar-refractivity contribution in [3.05, 3.63) is 81.3 Å². The van der Waals surface area contributed by atoms with Crippen molar-refractivity contribution in [2.45, 2.75) is 11.9 Å². The van der Waals surface area contributed by atoms with Crippen LogP contribution in [-0.2, 0) is 0 Å². The van der Waals surface area contributed by atoms with Crippen molar-refractivity contribution in [3.8, 4) is 11.4 Å². The van der Waals surface area contributed by atoms with Gasteiger partial charge in [-0.25, -0.2) is 4.98 Å². The van der Waals surface area contributed by atoms with E-state index in [1.54, 1.807) is 36.7 Å². The third-order valence-electron chi connectivity index (χ3n) is 3.74. The van der Waals surface area contributed by atoms with E-state index < -0.39 is 0 Å². The molecule has 0 aliphatic rings. The summed E-state index contributed by atoms with van der Waals surface area (Å²) in [6, 6.07) is 14.4. The highest BCUT2D eigenvalue weighted by Crippen LogP contribution is 2.18. The number of ketones is 1. The molecule has 138 valence electrons. The average molecular weight is 445 g/mol. The lowest BCUT2D eigenvalue weighted by Gasteiger charge is -2.07. The van der Waals surface area contributed by atoms with Crippen LogP contribution in [0.3, 0.4) is 0 Å². The summed E-state index contributed by atoms with van der Waals surface area (Å²) < 4.78 is 7.83. The van der Waals surface area contributed by atoms with Crippen molar-refractivity contribution in [2.75, 3.05) is 12.4 Å². The Hall–Kier alpha value is -2.38. The number of benzene rings is 2. The number of carbonyl (C=O) groups excluding carboxylic acids is 1. The largest absolute Gasteiger partial charge is 0.494 e. The summed E-state index contributed by atoms with van der Waals surface area (Å²) in [7, 11) is 0. The SMILES string of the molecule is CCOc1ccc(C(=O)CSc2nccn(-c3ccc(Br)cc3)c2=O)cc1. The molecule has 0 aliphatic carbocycles. The van der Waals surface area contributed by atoms with Gasteiger partial charge in [-0.15, -0.1) is 0 Å². The number of rotatable bonds is 7. The molecular weight excluding hydrogens is 428 g/mol. The van der Waals surface area contributed by atoms with Gasteiger partial charge in [0.15, 0.2) is 10.8 Å². The van der Waals surface area contributed by atoms with E-state index in [4.69, 9.17) is 4.74 Å². The monoisotopic (exact) mass is 444 g/mol. The van der Waals surface area contributed by atoms with Crippen molar-refractivity contribution in [3.63, 3.8) is 0 Å². The first kappa shape index (κ1) is 19.4. The molecule has 3 aromatic rings. The van der Waals surface area contributed by atoms with E-state index >= 15 is 0 Å². The zero-order valence-corrected chi connectivity index (χ0v) is 17.0. The van der Waals surface area contributed by atoms with Crippen LogP contribution >= 0.6 is 27.7 Å². The molecule has 2 aromatic carbocycles. The van der Waals surface area contributed by atoms with E-state index in [0.29, 0.717) is 17.2 Å². The topological polar surface area (TPSA) is 61.2 Å². The number of hydrogen-bond donors (Lipinski definition) is 0. The molecule has 5 nitrogen and oxygen atoms in total. The Morgan fingerprint density at radius 2 is 1.85 bits per heavy atom. The number of carbonyl (C=O) groups is 1. The lowest BCUT2D eigenvalue weighted by Crippen LogP contribution is -2.21. The first-order valence-corrected chi connectivity index (χ1v) is 10.1. The lowest BCUT2D eigenvalue weighted by molar-refractivity contribution is 0.102. The summed E-state index contributed by atoms with van der Waals surface area (Å²) in [5.74, 6) is 0.799. The normalized spacial score (nSPS) is 10.6. The van der Waals surface area contributed by atoms with E-state index in [0.717, 1.165) is 27.7 Å². The van der Waals surface area contributed by atoms with Gasteiger partial charge in [0.25, 0.3) is 5.56 Å². The Labute approximate surface area is 169 Å². The van der Waals surface area contributed by atoms with Crippen LogP contribution in [0.5, 0.6) is 5.75 Å². The first-order chi connectivity index (χ1) is 13.1. The van der Waals surface area contributed by atoms with Gasteiger partial charge < -0.3 is 4.74 Å². The molecule has 0 unspecified atom stereocenters. The minimum absolute atomic E-state index is 0.0664. The van der Waals surface area contributed by atoms with Gasteiger partial charge in [-0.2, -0.15) is 0 Å². The zero-order valence-electron chi connectivity index (χ0n) is 14.6. The highest BCUT2D eigenvalue weighted by Gasteiger charge is 2.12. The average Bonchev–Trinajstić information content (AvgIpc) is 2.69. The van der Waals surface area contributed by atoms with Crippen LogP contribution < -0.4 is 10.3 Å². The third kappa shape index (κ3) is 4.87. The molecule has 27 heavy (non-hydrogen) atoms. The fraction of sp³-hybridized carbons (Fsp3) is 0.150.